The van der Waals surface area contributed by atoms with Gasteiger partial charge in [0.1, 0.15) is 0 Å². The zero-order valence-corrected chi connectivity index (χ0v) is 13.6. The maximum absolute atomic E-state index is 6.18. The highest BCUT2D eigenvalue weighted by Gasteiger charge is 2.45. The van der Waals surface area contributed by atoms with Crippen molar-refractivity contribution in [1.82, 2.24) is 5.32 Å². The second kappa shape index (κ2) is 6.20. The van der Waals surface area contributed by atoms with Crippen LogP contribution < -0.4 is 5.32 Å². The number of nitrogens with one attached hydrogen (secondary N) is 1. The maximum Gasteiger partial charge on any atom is 0.0685 e. The number of hydrogen-bond acceptors (Lipinski definition) is 2. The van der Waals surface area contributed by atoms with E-state index in [4.69, 9.17) is 4.74 Å². The molecule has 120 valence electrons. The summed E-state index contributed by atoms with van der Waals surface area (Å²) in [5, 5.41) is 3.84. The molecular weight excluding hydrogens is 258 g/mol. The zero-order valence-electron chi connectivity index (χ0n) is 13.6. The minimum absolute atomic E-state index is 0.337. The van der Waals surface area contributed by atoms with Gasteiger partial charge < -0.3 is 10.1 Å². The van der Waals surface area contributed by atoms with Crippen LogP contribution >= 0.6 is 0 Å². The number of ether oxygens (including phenoxy) is 1. The molecule has 0 aromatic carbocycles. The second-order valence-corrected chi connectivity index (χ2v) is 8.38. The predicted molar refractivity (Wildman–Crippen MR) is 86.3 cm³/mol. The van der Waals surface area contributed by atoms with Gasteiger partial charge in [0.25, 0.3) is 0 Å². The molecule has 3 atom stereocenters. The van der Waals surface area contributed by atoms with Crippen LogP contribution in [0.25, 0.3) is 0 Å². The van der Waals surface area contributed by atoms with E-state index in [9.17, 15) is 0 Å². The zero-order chi connectivity index (χ0) is 14.1. The minimum atomic E-state index is 0.337. The molecule has 0 amide bonds. The van der Waals surface area contributed by atoms with Crippen molar-refractivity contribution in [3.63, 3.8) is 0 Å². The minimum Gasteiger partial charge on any atom is -0.375 e. The molecule has 4 fully saturated rings. The topological polar surface area (TPSA) is 21.3 Å². The molecule has 0 radical (unpaired) electrons. The lowest BCUT2D eigenvalue weighted by Gasteiger charge is -2.49. The van der Waals surface area contributed by atoms with Crippen molar-refractivity contribution in [3.8, 4) is 0 Å². The molecule has 0 bridgehead atoms. The fourth-order valence-electron chi connectivity index (χ4n) is 5.24. The molecule has 21 heavy (non-hydrogen) atoms. The molecule has 1 N–H and O–H groups in total. The molecule has 1 saturated heterocycles. The lowest BCUT2D eigenvalue weighted by molar-refractivity contribution is -0.153. The van der Waals surface area contributed by atoms with Crippen LogP contribution in [0.3, 0.4) is 0 Å². The van der Waals surface area contributed by atoms with Gasteiger partial charge in [-0.1, -0.05) is 19.3 Å². The normalized spacial score (nSPS) is 39.7. The Hall–Kier alpha value is -0.0800. The molecule has 2 heteroatoms. The highest BCUT2D eigenvalue weighted by molar-refractivity contribution is 4.97. The Bertz CT molecular complexity index is 347. The van der Waals surface area contributed by atoms with Gasteiger partial charge in [0.2, 0.25) is 0 Å². The van der Waals surface area contributed by atoms with Gasteiger partial charge in [-0.3, -0.25) is 0 Å². The average Bonchev–Trinajstić information content (AvgIpc) is 3.30. The molecule has 3 unspecified atom stereocenters. The summed E-state index contributed by atoms with van der Waals surface area (Å²) in [6, 6.07) is 0.876. The van der Waals surface area contributed by atoms with Crippen molar-refractivity contribution in [2.45, 2.75) is 88.7 Å². The standard InChI is InChI=1S/C19H33NO/c1-2-5-16(14-20-17-7-8-17)18(6-3-1)15-9-12-21-19(13-15)10-4-11-19/h15-18,20H,1-14H2. The van der Waals surface area contributed by atoms with Crippen molar-refractivity contribution in [1.29, 1.82) is 0 Å². The predicted octanol–water partition coefficient (Wildman–Crippen LogP) is 4.28. The third kappa shape index (κ3) is 3.32. The molecular formula is C19H33NO. The van der Waals surface area contributed by atoms with Crippen LogP contribution in [0.4, 0.5) is 0 Å². The second-order valence-electron chi connectivity index (χ2n) is 8.38. The van der Waals surface area contributed by atoms with E-state index in [1.54, 1.807) is 0 Å². The molecule has 0 aromatic rings. The molecule has 4 rings (SSSR count). The summed E-state index contributed by atoms with van der Waals surface area (Å²) >= 11 is 0. The van der Waals surface area contributed by atoms with Gasteiger partial charge in [0, 0.05) is 12.6 Å². The molecule has 1 heterocycles. The third-order valence-electron chi connectivity index (χ3n) is 6.87. The van der Waals surface area contributed by atoms with Crippen LogP contribution in [0.15, 0.2) is 0 Å². The van der Waals surface area contributed by atoms with E-state index in [0.29, 0.717) is 5.60 Å². The first-order valence-electron chi connectivity index (χ1n) is 9.72. The lowest BCUT2D eigenvalue weighted by Crippen LogP contribution is -2.48. The Balaban J connectivity index is 1.40. The maximum atomic E-state index is 6.18. The van der Waals surface area contributed by atoms with Gasteiger partial charge >= 0.3 is 0 Å². The molecule has 3 aliphatic carbocycles. The Morgan fingerprint density at radius 3 is 2.52 bits per heavy atom. The summed E-state index contributed by atoms with van der Waals surface area (Å²) in [7, 11) is 0. The lowest BCUT2D eigenvalue weighted by atomic mass is 9.66. The van der Waals surface area contributed by atoms with Crippen LogP contribution in [-0.2, 0) is 4.74 Å². The van der Waals surface area contributed by atoms with Gasteiger partial charge in [-0.2, -0.15) is 0 Å². The fraction of sp³-hybridized carbons (Fsp3) is 1.00. The van der Waals surface area contributed by atoms with Crippen molar-refractivity contribution < 1.29 is 4.74 Å². The Labute approximate surface area is 130 Å². The van der Waals surface area contributed by atoms with Gasteiger partial charge in [0.05, 0.1) is 5.60 Å². The van der Waals surface area contributed by atoms with E-state index < -0.39 is 0 Å². The van der Waals surface area contributed by atoms with Crippen molar-refractivity contribution in [2.24, 2.45) is 17.8 Å². The Kier molecular flexibility index (Phi) is 4.28. The Morgan fingerprint density at radius 1 is 0.905 bits per heavy atom. The van der Waals surface area contributed by atoms with E-state index >= 15 is 0 Å². The van der Waals surface area contributed by atoms with E-state index in [2.05, 4.69) is 5.32 Å². The van der Waals surface area contributed by atoms with Gasteiger partial charge in [-0.15, -0.1) is 0 Å². The van der Waals surface area contributed by atoms with Crippen molar-refractivity contribution in [3.05, 3.63) is 0 Å². The molecule has 4 aliphatic rings. The summed E-state index contributed by atoms with van der Waals surface area (Å²) in [4.78, 5) is 0. The van der Waals surface area contributed by atoms with Gasteiger partial charge in [0.15, 0.2) is 0 Å². The number of rotatable bonds is 4. The molecule has 3 saturated carbocycles. The quantitative estimate of drug-likeness (QED) is 0.780. The Morgan fingerprint density at radius 2 is 1.76 bits per heavy atom. The van der Waals surface area contributed by atoms with E-state index in [1.165, 1.54) is 83.6 Å². The van der Waals surface area contributed by atoms with Gasteiger partial charge in [-0.05, 0) is 82.1 Å². The SMILES string of the molecule is C1CCC(CNC2CC2)C(C2CCOC3(CCC3)C2)CC1. The smallest absolute Gasteiger partial charge is 0.0685 e. The number of hydrogen-bond donors (Lipinski definition) is 1. The highest BCUT2D eigenvalue weighted by Crippen LogP contribution is 2.49. The summed E-state index contributed by atoms with van der Waals surface area (Å²) in [6.07, 6.45) is 17.1. The van der Waals surface area contributed by atoms with E-state index in [0.717, 1.165) is 30.4 Å². The average molecular weight is 291 g/mol. The van der Waals surface area contributed by atoms with E-state index in [-0.39, 0.29) is 0 Å². The first-order valence-corrected chi connectivity index (χ1v) is 9.72. The highest BCUT2D eigenvalue weighted by atomic mass is 16.5. The first-order chi connectivity index (χ1) is 10.3. The summed E-state index contributed by atoms with van der Waals surface area (Å²) < 4.78 is 6.18. The summed E-state index contributed by atoms with van der Waals surface area (Å²) in [5.41, 5.74) is 0.337. The van der Waals surface area contributed by atoms with Crippen molar-refractivity contribution in [2.75, 3.05) is 13.2 Å². The molecule has 1 spiro atoms. The van der Waals surface area contributed by atoms with Crippen LogP contribution in [0.2, 0.25) is 0 Å². The largest absolute Gasteiger partial charge is 0.375 e. The van der Waals surface area contributed by atoms with Gasteiger partial charge in [-0.25, -0.2) is 0 Å². The summed E-state index contributed by atoms with van der Waals surface area (Å²) in [5.74, 6) is 2.90. The van der Waals surface area contributed by atoms with Crippen LogP contribution in [0.5, 0.6) is 0 Å². The summed E-state index contributed by atoms with van der Waals surface area (Å²) in [6.45, 7) is 2.35. The fourth-order valence-corrected chi connectivity index (χ4v) is 5.24. The van der Waals surface area contributed by atoms with Crippen LogP contribution in [0.1, 0.15) is 77.0 Å². The van der Waals surface area contributed by atoms with Crippen LogP contribution in [0, 0.1) is 17.8 Å². The molecule has 1 aliphatic heterocycles. The third-order valence-corrected chi connectivity index (χ3v) is 6.87. The molecule has 0 aromatic heterocycles. The van der Waals surface area contributed by atoms with E-state index in [1.807, 2.05) is 0 Å². The van der Waals surface area contributed by atoms with Crippen LogP contribution in [-0.4, -0.2) is 24.8 Å². The molecule has 2 nitrogen and oxygen atoms in total. The monoisotopic (exact) mass is 291 g/mol. The van der Waals surface area contributed by atoms with Crippen molar-refractivity contribution >= 4 is 0 Å². The first kappa shape index (κ1) is 14.5.